The molecule has 0 heterocycles. The van der Waals surface area contributed by atoms with Gasteiger partial charge in [0.1, 0.15) is 0 Å². The number of hydrogen-bond acceptors (Lipinski definition) is 0. The average molecular weight is 395 g/mol. The molecule has 2 heteroatoms. The molecule has 0 aliphatic heterocycles. The Kier molecular flexibility index (Phi) is 20.9. The average Bonchev–Trinajstić information content (AvgIpc) is 2.51. The first-order valence-corrected chi connectivity index (χ1v) is 12.6. The summed E-state index contributed by atoms with van der Waals surface area (Å²) in [6.07, 6.45) is 24.0. The fourth-order valence-corrected chi connectivity index (χ4v) is 8.58. The van der Waals surface area contributed by atoms with Crippen LogP contribution in [0.1, 0.15) is 105 Å². The molecule has 0 saturated carbocycles. The van der Waals surface area contributed by atoms with Crippen LogP contribution in [0.3, 0.4) is 0 Å². The molecule has 0 rings (SSSR count). The van der Waals surface area contributed by atoms with Gasteiger partial charge in [0.05, 0.1) is 24.6 Å². The van der Waals surface area contributed by atoms with Crippen molar-refractivity contribution < 1.29 is 17.0 Å². The number of hydrogen-bond donors (Lipinski definition) is 0. The summed E-state index contributed by atoms with van der Waals surface area (Å²) < 4.78 is 0. The summed E-state index contributed by atoms with van der Waals surface area (Å²) in [4.78, 5) is 0. The van der Waals surface area contributed by atoms with Crippen molar-refractivity contribution in [2.75, 3.05) is 24.6 Å². The highest BCUT2D eigenvalue weighted by Gasteiger charge is 2.34. The SMILES string of the molecule is CCCCCCCC[P+](CCCC)(CCCC)CCCC.[Br-]. The van der Waals surface area contributed by atoms with Crippen LogP contribution in [0.2, 0.25) is 0 Å². The molecule has 0 unspecified atom stereocenters. The molecule has 0 aliphatic rings. The molecule has 0 aliphatic carbocycles. The monoisotopic (exact) mass is 394 g/mol. The van der Waals surface area contributed by atoms with Crippen molar-refractivity contribution >= 4 is 7.26 Å². The van der Waals surface area contributed by atoms with Crippen LogP contribution in [0.5, 0.6) is 0 Å². The van der Waals surface area contributed by atoms with Crippen molar-refractivity contribution in [3.63, 3.8) is 0 Å². The van der Waals surface area contributed by atoms with E-state index in [-0.39, 0.29) is 17.0 Å². The first-order chi connectivity index (χ1) is 10.2. The van der Waals surface area contributed by atoms with E-state index in [4.69, 9.17) is 0 Å². The molecule has 0 aromatic heterocycles. The predicted molar refractivity (Wildman–Crippen MR) is 104 cm³/mol. The van der Waals surface area contributed by atoms with Gasteiger partial charge in [0.25, 0.3) is 0 Å². The summed E-state index contributed by atoms with van der Waals surface area (Å²) in [5, 5.41) is 0. The summed E-state index contributed by atoms with van der Waals surface area (Å²) in [6, 6.07) is 0. The molecule has 0 fully saturated rings. The molecule has 22 heavy (non-hydrogen) atoms. The topological polar surface area (TPSA) is 0 Å². The molecule has 0 aromatic rings. The Hall–Kier alpha value is 0.910. The lowest BCUT2D eigenvalue weighted by molar-refractivity contribution is -0.00000491. The first kappa shape index (κ1) is 25.2. The predicted octanol–water partition coefficient (Wildman–Crippen LogP) is 4.77. The van der Waals surface area contributed by atoms with Crippen molar-refractivity contribution in [3.05, 3.63) is 0 Å². The van der Waals surface area contributed by atoms with Crippen molar-refractivity contribution in [3.8, 4) is 0 Å². The highest BCUT2D eigenvalue weighted by molar-refractivity contribution is 7.75. The summed E-state index contributed by atoms with van der Waals surface area (Å²) >= 11 is 0. The van der Waals surface area contributed by atoms with E-state index in [9.17, 15) is 0 Å². The van der Waals surface area contributed by atoms with Crippen molar-refractivity contribution in [2.24, 2.45) is 0 Å². The van der Waals surface area contributed by atoms with Gasteiger partial charge in [-0.05, 0) is 32.1 Å². The van der Waals surface area contributed by atoms with E-state index in [1.54, 1.807) is 24.6 Å². The van der Waals surface area contributed by atoms with Crippen molar-refractivity contribution in [1.29, 1.82) is 0 Å². The second-order valence-corrected chi connectivity index (χ2v) is 11.5. The highest BCUT2D eigenvalue weighted by atomic mass is 79.9. The van der Waals surface area contributed by atoms with Crippen LogP contribution >= 0.6 is 7.26 Å². The largest absolute Gasteiger partial charge is 1.00 e. The van der Waals surface area contributed by atoms with Gasteiger partial charge < -0.3 is 17.0 Å². The van der Waals surface area contributed by atoms with Crippen LogP contribution in [-0.2, 0) is 0 Å². The summed E-state index contributed by atoms with van der Waals surface area (Å²) in [5.41, 5.74) is 0. The van der Waals surface area contributed by atoms with E-state index >= 15 is 0 Å². The molecule has 0 amide bonds. The molecule has 0 spiro atoms. The molecule has 0 N–H and O–H groups in total. The van der Waals surface area contributed by atoms with Crippen LogP contribution in [-0.4, -0.2) is 24.6 Å². The zero-order valence-corrected chi connectivity index (χ0v) is 18.6. The third kappa shape index (κ3) is 13.4. The standard InChI is InChI=1S/C20H44P.BrH/c1-5-9-13-14-15-16-20-21(17-10-6-2,18-11-7-3)19-12-8-4;/h5-20H2,1-4H3;1H/q+1;/p-1. The lowest BCUT2D eigenvalue weighted by Gasteiger charge is -2.28. The molecule has 136 valence electrons. The Labute approximate surface area is 153 Å². The maximum atomic E-state index is 2.37. The normalized spacial score (nSPS) is 11.5. The molecule has 0 saturated heterocycles. The van der Waals surface area contributed by atoms with E-state index < -0.39 is 7.26 Å². The Morgan fingerprint density at radius 2 is 0.727 bits per heavy atom. The minimum absolute atomic E-state index is 0. The molecular weight excluding hydrogens is 351 g/mol. The summed E-state index contributed by atoms with van der Waals surface area (Å²) in [7, 11) is -0.601. The van der Waals surface area contributed by atoms with Crippen LogP contribution in [0.25, 0.3) is 0 Å². The zero-order chi connectivity index (χ0) is 15.8. The second kappa shape index (κ2) is 18.3. The molecule has 0 bridgehead atoms. The van der Waals surface area contributed by atoms with Crippen LogP contribution in [0, 0.1) is 0 Å². The third-order valence-corrected chi connectivity index (χ3v) is 10.0. The molecule has 0 nitrogen and oxygen atoms in total. The minimum Gasteiger partial charge on any atom is -1.00 e. The van der Waals surface area contributed by atoms with Gasteiger partial charge in [0.15, 0.2) is 0 Å². The van der Waals surface area contributed by atoms with E-state index in [2.05, 4.69) is 27.7 Å². The minimum atomic E-state index is -0.601. The Bertz CT molecular complexity index is 184. The molecular formula is C20H44BrP. The third-order valence-electron chi connectivity index (χ3n) is 4.94. The summed E-state index contributed by atoms with van der Waals surface area (Å²) in [6.45, 7) is 9.44. The van der Waals surface area contributed by atoms with Gasteiger partial charge >= 0.3 is 0 Å². The quantitative estimate of drug-likeness (QED) is 0.261. The van der Waals surface area contributed by atoms with Gasteiger partial charge in [-0.1, -0.05) is 72.6 Å². The number of unbranched alkanes of at least 4 members (excludes halogenated alkanes) is 8. The fourth-order valence-electron chi connectivity index (χ4n) is 3.38. The van der Waals surface area contributed by atoms with E-state index in [1.165, 1.54) is 77.0 Å². The second-order valence-electron chi connectivity index (χ2n) is 7.06. The van der Waals surface area contributed by atoms with Crippen LogP contribution in [0.4, 0.5) is 0 Å². The molecule has 0 radical (unpaired) electrons. The maximum absolute atomic E-state index is 2.37. The Balaban J connectivity index is 0. The fraction of sp³-hybridized carbons (Fsp3) is 1.00. The van der Waals surface area contributed by atoms with Gasteiger partial charge in [-0.15, -0.1) is 0 Å². The smallest absolute Gasteiger partial charge is 0.0594 e. The van der Waals surface area contributed by atoms with Gasteiger partial charge in [0.2, 0.25) is 0 Å². The highest BCUT2D eigenvalue weighted by Crippen LogP contribution is 2.61. The van der Waals surface area contributed by atoms with Crippen LogP contribution < -0.4 is 17.0 Å². The lowest BCUT2D eigenvalue weighted by Crippen LogP contribution is -3.00. The van der Waals surface area contributed by atoms with Gasteiger partial charge in [-0.2, -0.15) is 0 Å². The summed E-state index contributed by atoms with van der Waals surface area (Å²) in [5.74, 6) is 0. The molecule has 0 aromatic carbocycles. The van der Waals surface area contributed by atoms with Gasteiger partial charge in [0, 0.05) is 7.26 Å². The first-order valence-electron chi connectivity index (χ1n) is 10.1. The number of rotatable bonds is 16. The lowest BCUT2D eigenvalue weighted by atomic mass is 10.1. The van der Waals surface area contributed by atoms with E-state index in [1.807, 2.05) is 0 Å². The molecule has 0 atom stereocenters. The van der Waals surface area contributed by atoms with E-state index in [0.717, 1.165) is 0 Å². The van der Waals surface area contributed by atoms with Gasteiger partial charge in [-0.25, -0.2) is 0 Å². The van der Waals surface area contributed by atoms with Crippen molar-refractivity contribution in [1.82, 2.24) is 0 Å². The van der Waals surface area contributed by atoms with Crippen molar-refractivity contribution in [2.45, 2.75) is 105 Å². The maximum Gasteiger partial charge on any atom is 0.0594 e. The number of halogens is 1. The van der Waals surface area contributed by atoms with Crippen LogP contribution in [0.15, 0.2) is 0 Å². The van der Waals surface area contributed by atoms with E-state index in [0.29, 0.717) is 0 Å². The Morgan fingerprint density at radius 3 is 1.14 bits per heavy atom. The zero-order valence-electron chi connectivity index (χ0n) is 16.1. The van der Waals surface area contributed by atoms with Gasteiger partial charge in [-0.3, -0.25) is 0 Å². The Morgan fingerprint density at radius 1 is 0.409 bits per heavy atom.